The van der Waals surface area contributed by atoms with Gasteiger partial charge in [-0.3, -0.25) is 4.79 Å². The Labute approximate surface area is 110 Å². The van der Waals surface area contributed by atoms with Crippen molar-refractivity contribution in [2.45, 2.75) is 63.5 Å². The van der Waals surface area contributed by atoms with Crippen molar-refractivity contribution in [3.63, 3.8) is 0 Å². The summed E-state index contributed by atoms with van der Waals surface area (Å²) in [5.41, 5.74) is 5.38. The number of carbonyl (C=O) groups is 1. The Morgan fingerprint density at radius 1 is 1.17 bits per heavy atom. The van der Waals surface area contributed by atoms with E-state index in [-0.39, 0.29) is 11.9 Å². The van der Waals surface area contributed by atoms with Gasteiger partial charge in [0.25, 0.3) is 0 Å². The van der Waals surface area contributed by atoms with Crippen molar-refractivity contribution in [1.82, 2.24) is 5.32 Å². The van der Waals surface area contributed by atoms with Crippen molar-refractivity contribution in [1.29, 1.82) is 0 Å². The van der Waals surface area contributed by atoms with Gasteiger partial charge in [-0.2, -0.15) is 0 Å². The topological polar surface area (TPSA) is 64.4 Å². The molecule has 104 valence electrons. The molecule has 1 unspecified atom stereocenters. The highest BCUT2D eigenvalue weighted by atomic mass is 16.5. The Bertz CT molecular complexity index is 259. The van der Waals surface area contributed by atoms with E-state index in [1.54, 1.807) is 0 Å². The highest BCUT2D eigenvalue weighted by Gasteiger charge is 2.27. The van der Waals surface area contributed by atoms with Gasteiger partial charge in [0.15, 0.2) is 0 Å². The summed E-state index contributed by atoms with van der Waals surface area (Å²) in [5, 5.41) is 3.24. The average Bonchev–Trinajstić information content (AvgIpc) is 3.14. The van der Waals surface area contributed by atoms with Crippen molar-refractivity contribution in [3.05, 3.63) is 0 Å². The molecule has 4 heteroatoms. The number of nitrogens with two attached hydrogens (primary N) is 1. The summed E-state index contributed by atoms with van der Waals surface area (Å²) < 4.78 is 5.72. The highest BCUT2D eigenvalue weighted by molar-refractivity contribution is 5.80. The standard InChI is InChI=1S/C14H26N2O2/c15-14(17)13(16-12-7-8-12)10-18-9-11-5-3-1-2-4-6-11/h11-13,16H,1-10H2,(H2,15,17). The van der Waals surface area contributed by atoms with Crippen LogP contribution in [0.4, 0.5) is 0 Å². The second-order valence-corrected chi connectivity index (χ2v) is 5.79. The minimum Gasteiger partial charge on any atom is -0.379 e. The monoisotopic (exact) mass is 254 g/mol. The maximum atomic E-state index is 11.3. The van der Waals surface area contributed by atoms with Crippen LogP contribution in [0.5, 0.6) is 0 Å². The highest BCUT2D eigenvalue weighted by Crippen LogP contribution is 2.23. The molecule has 18 heavy (non-hydrogen) atoms. The Morgan fingerprint density at radius 2 is 1.83 bits per heavy atom. The third kappa shape index (κ3) is 4.94. The molecule has 0 spiro atoms. The Kier molecular flexibility index (Phi) is 5.45. The smallest absolute Gasteiger partial charge is 0.236 e. The normalized spacial score (nSPS) is 23.6. The number of ether oxygens (including phenoxy) is 1. The van der Waals surface area contributed by atoms with Crippen LogP contribution in [-0.2, 0) is 9.53 Å². The van der Waals surface area contributed by atoms with Gasteiger partial charge < -0.3 is 15.8 Å². The van der Waals surface area contributed by atoms with Gasteiger partial charge in [0.2, 0.25) is 5.91 Å². The fourth-order valence-electron chi connectivity index (χ4n) is 2.63. The number of rotatable bonds is 7. The van der Waals surface area contributed by atoms with Gasteiger partial charge in [0.05, 0.1) is 6.61 Å². The van der Waals surface area contributed by atoms with Crippen LogP contribution in [-0.4, -0.2) is 31.2 Å². The van der Waals surface area contributed by atoms with E-state index in [2.05, 4.69) is 5.32 Å². The fourth-order valence-corrected chi connectivity index (χ4v) is 2.63. The van der Waals surface area contributed by atoms with Gasteiger partial charge in [-0.25, -0.2) is 0 Å². The molecule has 2 aliphatic carbocycles. The summed E-state index contributed by atoms with van der Waals surface area (Å²) in [6, 6.07) is 0.187. The number of hydrogen-bond acceptors (Lipinski definition) is 3. The van der Waals surface area contributed by atoms with Gasteiger partial charge in [0, 0.05) is 12.6 Å². The van der Waals surface area contributed by atoms with Crippen molar-refractivity contribution in [2.75, 3.05) is 13.2 Å². The van der Waals surface area contributed by atoms with Crippen LogP contribution in [0, 0.1) is 5.92 Å². The number of amides is 1. The molecule has 2 saturated carbocycles. The van der Waals surface area contributed by atoms with E-state index < -0.39 is 0 Å². The molecule has 2 fully saturated rings. The molecule has 1 amide bonds. The van der Waals surface area contributed by atoms with E-state index in [0.717, 1.165) is 19.4 Å². The molecule has 0 aliphatic heterocycles. The number of primary amides is 1. The minimum absolute atomic E-state index is 0.289. The molecule has 0 radical (unpaired) electrons. The molecule has 0 saturated heterocycles. The van der Waals surface area contributed by atoms with E-state index in [4.69, 9.17) is 10.5 Å². The molecule has 0 aromatic heterocycles. The Hall–Kier alpha value is -0.610. The summed E-state index contributed by atoms with van der Waals surface area (Å²) in [6.45, 7) is 1.22. The lowest BCUT2D eigenvalue weighted by Gasteiger charge is -2.18. The molecule has 4 nitrogen and oxygen atoms in total. The van der Waals surface area contributed by atoms with E-state index in [1.165, 1.54) is 38.5 Å². The van der Waals surface area contributed by atoms with Crippen molar-refractivity contribution in [2.24, 2.45) is 11.7 Å². The number of hydrogen-bond donors (Lipinski definition) is 2. The summed E-state index contributed by atoms with van der Waals surface area (Å²) in [6.07, 6.45) is 10.3. The predicted molar refractivity (Wildman–Crippen MR) is 71.2 cm³/mol. The number of carbonyl (C=O) groups excluding carboxylic acids is 1. The lowest BCUT2D eigenvalue weighted by molar-refractivity contribution is -0.121. The van der Waals surface area contributed by atoms with Crippen LogP contribution in [0.25, 0.3) is 0 Å². The third-order valence-electron chi connectivity index (χ3n) is 3.97. The zero-order chi connectivity index (χ0) is 12.8. The molecular weight excluding hydrogens is 228 g/mol. The summed E-state index contributed by atoms with van der Waals surface area (Å²) in [4.78, 5) is 11.3. The third-order valence-corrected chi connectivity index (χ3v) is 3.97. The van der Waals surface area contributed by atoms with Crippen LogP contribution in [0.2, 0.25) is 0 Å². The zero-order valence-electron chi connectivity index (χ0n) is 11.2. The molecule has 0 aromatic rings. The van der Waals surface area contributed by atoms with E-state index in [1.807, 2.05) is 0 Å². The van der Waals surface area contributed by atoms with Crippen LogP contribution in [0.3, 0.4) is 0 Å². The first-order valence-electron chi connectivity index (χ1n) is 7.39. The fraction of sp³-hybridized carbons (Fsp3) is 0.929. The first-order valence-corrected chi connectivity index (χ1v) is 7.39. The summed E-state index contributed by atoms with van der Waals surface area (Å²) in [5.74, 6) is 0.393. The van der Waals surface area contributed by atoms with Crippen molar-refractivity contribution >= 4 is 5.91 Å². The zero-order valence-corrected chi connectivity index (χ0v) is 11.2. The molecule has 0 heterocycles. The molecule has 2 aliphatic rings. The van der Waals surface area contributed by atoms with Gasteiger partial charge >= 0.3 is 0 Å². The Balaban J connectivity index is 1.63. The van der Waals surface area contributed by atoms with E-state index >= 15 is 0 Å². The van der Waals surface area contributed by atoms with Crippen LogP contribution >= 0.6 is 0 Å². The van der Waals surface area contributed by atoms with Crippen molar-refractivity contribution in [3.8, 4) is 0 Å². The van der Waals surface area contributed by atoms with Gasteiger partial charge in [-0.05, 0) is 31.6 Å². The van der Waals surface area contributed by atoms with Gasteiger partial charge in [0.1, 0.15) is 6.04 Å². The lowest BCUT2D eigenvalue weighted by Crippen LogP contribution is -2.45. The van der Waals surface area contributed by atoms with Gasteiger partial charge in [-0.1, -0.05) is 25.7 Å². The molecule has 1 atom stereocenters. The SMILES string of the molecule is NC(=O)C(COCC1CCCCCC1)NC1CC1. The molecular formula is C14H26N2O2. The van der Waals surface area contributed by atoms with E-state index in [0.29, 0.717) is 18.6 Å². The largest absolute Gasteiger partial charge is 0.379 e. The molecule has 0 aromatic carbocycles. The first-order chi connectivity index (χ1) is 8.75. The maximum absolute atomic E-state index is 11.3. The quantitative estimate of drug-likeness (QED) is 0.678. The lowest BCUT2D eigenvalue weighted by atomic mass is 10.0. The van der Waals surface area contributed by atoms with E-state index in [9.17, 15) is 4.79 Å². The average molecular weight is 254 g/mol. The Morgan fingerprint density at radius 3 is 2.39 bits per heavy atom. The van der Waals surface area contributed by atoms with Crippen LogP contribution < -0.4 is 11.1 Å². The minimum atomic E-state index is -0.303. The second-order valence-electron chi connectivity index (χ2n) is 5.79. The van der Waals surface area contributed by atoms with Crippen molar-refractivity contribution < 1.29 is 9.53 Å². The van der Waals surface area contributed by atoms with Gasteiger partial charge in [-0.15, -0.1) is 0 Å². The maximum Gasteiger partial charge on any atom is 0.236 e. The molecule has 3 N–H and O–H groups in total. The van der Waals surface area contributed by atoms with Crippen LogP contribution in [0.15, 0.2) is 0 Å². The second kappa shape index (κ2) is 7.10. The van der Waals surface area contributed by atoms with Crippen LogP contribution in [0.1, 0.15) is 51.4 Å². The summed E-state index contributed by atoms with van der Waals surface area (Å²) in [7, 11) is 0. The number of nitrogens with one attached hydrogen (secondary N) is 1. The molecule has 2 rings (SSSR count). The predicted octanol–water partition coefficient (Wildman–Crippen LogP) is 1.58. The first kappa shape index (κ1) is 13.8. The molecule has 0 bridgehead atoms. The summed E-state index contributed by atoms with van der Waals surface area (Å²) >= 11 is 0.